The first-order chi connectivity index (χ1) is 12.5. The van der Waals surface area contributed by atoms with Crippen LogP contribution in [0.15, 0.2) is 59.7 Å². The molecule has 0 aliphatic heterocycles. The van der Waals surface area contributed by atoms with E-state index in [2.05, 4.69) is 29.4 Å². The van der Waals surface area contributed by atoms with Crippen LogP contribution in [0.25, 0.3) is 5.65 Å². The quantitative estimate of drug-likeness (QED) is 0.768. The molecule has 134 valence electrons. The highest BCUT2D eigenvalue weighted by Crippen LogP contribution is 2.22. The molecule has 0 spiro atoms. The first-order valence-electron chi connectivity index (χ1n) is 8.87. The molecule has 0 fully saturated rings. The molecular formula is C21H23N3O2. The molecule has 3 aromatic rings. The minimum atomic E-state index is -0.404. The van der Waals surface area contributed by atoms with Crippen LogP contribution in [0.5, 0.6) is 0 Å². The Morgan fingerprint density at radius 2 is 1.88 bits per heavy atom. The molecule has 0 bridgehead atoms. The summed E-state index contributed by atoms with van der Waals surface area (Å²) in [5.74, 6) is -0.221. The molecule has 1 aromatic carbocycles. The van der Waals surface area contributed by atoms with Crippen LogP contribution >= 0.6 is 0 Å². The van der Waals surface area contributed by atoms with E-state index in [1.807, 2.05) is 26.0 Å². The van der Waals surface area contributed by atoms with Gasteiger partial charge in [0.15, 0.2) is 0 Å². The molecule has 5 heteroatoms. The highest BCUT2D eigenvalue weighted by atomic mass is 16.2. The average molecular weight is 349 g/mol. The van der Waals surface area contributed by atoms with Gasteiger partial charge in [0.25, 0.3) is 11.5 Å². The molecule has 1 atom stereocenters. The van der Waals surface area contributed by atoms with Crippen LogP contribution < -0.4 is 10.9 Å². The van der Waals surface area contributed by atoms with Crippen LogP contribution in [0.3, 0.4) is 0 Å². The van der Waals surface area contributed by atoms with Crippen molar-refractivity contribution in [3.05, 3.63) is 81.9 Å². The topological polar surface area (TPSA) is 63.5 Å². The molecule has 1 N–H and O–H groups in total. The number of aromatic nitrogens is 2. The molecule has 5 nitrogen and oxygen atoms in total. The van der Waals surface area contributed by atoms with E-state index in [1.165, 1.54) is 16.2 Å². The molecule has 0 aliphatic rings. The molecular weight excluding hydrogens is 326 g/mol. The van der Waals surface area contributed by atoms with Crippen LogP contribution in [-0.4, -0.2) is 15.3 Å². The summed E-state index contributed by atoms with van der Waals surface area (Å²) in [6.45, 7) is 6.20. The summed E-state index contributed by atoms with van der Waals surface area (Å²) >= 11 is 0. The van der Waals surface area contributed by atoms with Gasteiger partial charge in [-0.25, -0.2) is 4.98 Å². The van der Waals surface area contributed by atoms with Gasteiger partial charge in [0.1, 0.15) is 11.2 Å². The van der Waals surface area contributed by atoms with E-state index in [-0.39, 0.29) is 23.1 Å². The van der Waals surface area contributed by atoms with Crippen LogP contribution in [0.1, 0.15) is 48.3 Å². The lowest BCUT2D eigenvalue weighted by Gasteiger charge is -2.23. The largest absolute Gasteiger partial charge is 0.345 e. The molecule has 1 unspecified atom stereocenters. The summed E-state index contributed by atoms with van der Waals surface area (Å²) < 4.78 is 1.38. The van der Waals surface area contributed by atoms with Gasteiger partial charge >= 0.3 is 0 Å². The van der Waals surface area contributed by atoms with E-state index >= 15 is 0 Å². The van der Waals surface area contributed by atoms with Gasteiger partial charge in [-0.2, -0.15) is 0 Å². The van der Waals surface area contributed by atoms with Crippen molar-refractivity contribution in [1.82, 2.24) is 14.7 Å². The average Bonchev–Trinajstić information content (AvgIpc) is 2.66. The van der Waals surface area contributed by atoms with Gasteiger partial charge in [-0.1, -0.05) is 51.1 Å². The number of carbonyl (C=O) groups is 1. The van der Waals surface area contributed by atoms with Crippen molar-refractivity contribution in [3.63, 3.8) is 0 Å². The summed E-state index contributed by atoms with van der Waals surface area (Å²) in [6.07, 6.45) is 3.94. The summed E-state index contributed by atoms with van der Waals surface area (Å²) in [4.78, 5) is 29.6. The zero-order valence-corrected chi connectivity index (χ0v) is 15.3. The number of aryl methyl sites for hydroxylation is 1. The number of amides is 1. The number of benzene rings is 1. The predicted molar refractivity (Wildman–Crippen MR) is 102 cm³/mol. The standard InChI is InChI=1S/C21H23N3O2/c1-4-15-8-10-16(11-9-15)19(14(2)3)23-20(25)17-13-22-18-7-5-6-12-24(18)21(17)26/h5-14,19H,4H2,1-3H3,(H,23,25). The monoisotopic (exact) mass is 349 g/mol. The van der Waals surface area contributed by atoms with Crippen molar-refractivity contribution in [1.29, 1.82) is 0 Å². The van der Waals surface area contributed by atoms with E-state index in [1.54, 1.807) is 24.4 Å². The fourth-order valence-corrected chi connectivity index (χ4v) is 3.00. The van der Waals surface area contributed by atoms with E-state index in [4.69, 9.17) is 0 Å². The second-order valence-corrected chi connectivity index (χ2v) is 6.70. The van der Waals surface area contributed by atoms with Crippen LogP contribution in [0, 0.1) is 5.92 Å². The molecule has 0 aliphatic carbocycles. The lowest BCUT2D eigenvalue weighted by Crippen LogP contribution is -2.36. The zero-order valence-electron chi connectivity index (χ0n) is 15.3. The summed E-state index contributed by atoms with van der Waals surface area (Å²) in [5.41, 5.74) is 2.48. The Bertz CT molecular complexity index is 974. The fourth-order valence-electron chi connectivity index (χ4n) is 3.00. The van der Waals surface area contributed by atoms with E-state index in [9.17, 15) is 9.59 Å². The Hall–Kier alpha value is -2.95. The smallest absolute Gasteiger partial charge is 0.270 e. The van der Waals surface area contributed by atoms with Gasteiger partial charge in [-0.05, 0) is 35.6 Å². The van der Waals surface area contributed by atoms with Crippen LogP contribution in [0.2, 0.25) is 0 Å². The van der Waals surface area contributed by atoms with Crippen molar-refractivity contribution in [3.8, 4) is 0 Å². The third kappa shape index (κ3) is 3.52. The third-order valence-electron chi connectivity index (χ3n) is 4.56. The summed E-state index contributed by atoms with van der Waals surface area (Å²) in [5, 5.41) is 3.00. The zero-order chi connectivity index (χ0) is 18.7. The number of fused-ring (bicyclic) bond motifs is 1. The second-order valence-electron chi connectivity index (χ2n) is 6.70. The van der Waals surface area contributed by atoms with Crippen molar-refractivity contribution in [2.24, 2.45) is 5.92 Å². The maximum atomic E-state index is 12.8. The molecule has 0 radical (unpaired) electrons. The molecule has 2 heterocycles. The van der Waals surface area contributed by atoms with Gasteiger partial charge in [0.2, 0.25) is 0 Å². The maximum Gasteiger partial charge on any atom is 0.270 e. The predicted octanol–water partition coefficient (Wildman–Crippen LogP) is 3.38. The highest BCUT2D eigenvalue weighted by molar-refractivity contribution is 5.94. The highest BCUT2D eigenvalue weighted by Gasteiger charge is 2.21. The number of hydrogen-bond acceptors (Lipinski definition) is 3. The fraction of sp³-hybridized carbons (Fsp3) is 0.286. The lowest BCUT2D eigenvalue weighted by atomic mass is 9.94. The maximum absolute atomic E-state index is 12.8. The Labute approximate surface area is 152 Å². The van der Waals surface area contributed by atoms with E-state index in [0.717, 1.165) is 12.0 Å². The van der Waals surface area contributed by atoms with Gasteiger partial charge in [0, 0.05) is 12.4 Å². The van der Waals surface area contributed by atoms with Crippen molar-refractivity contribution in [2.75, 3.05) is 0 Å². The Morgan fingerprint density at radius 1 is 1.15 bits per heavy atom. The summed E-state index contributed by atoms with van der Waals surface area (Å²) in [7, 11) is 0. The first kappa shape index (κ1) is 17.9. The number of nitrogens with one attached hydrogen (secondary N) is 1. The van der Waals surface area contributed by atoms with Gasteiger partial charge in [0.05, 0.1) is 6.04 Å². The molecule has 1 amide bonds. The molecule has 0 saturated heterocycles. The van der Waals surface area contributed by atoms with Crippen molar-refractivity contribution < 1.29 is 4.79 Å². The minimum Gasteiger partial charge on any atom is -0.345 e. The summed E-state index contributed by atoms with van der Waals surface area (Å²) in [6, 6.07) is 13.3. The number of hydrogen-bond donors (Lipinski definition) is 1. The molecule has 3 rings (SSSR count). The Kier molecular flexibility index (Phi) is 5.16. The number of carbonyl (C=O) groups excluding carboxylic acids is 1. The number of rotatable bonds is 5. The second kappa shape index (κ2) is 7.52. The molecule has 26 heavy (non-hydrogen) atoms. The number of pyridine rings is 1. The van der Waals surface area contributed by atoms with Crippen molar-refractivity contribution >= 4 is 11.6 Å². The van der Waals surface area contributed by atoms with Gasteiger partial charge in [-0.15, -0.1) is 0 Å². The van der Waals surface area contributed by atoms with E-state index in [0.29, 0.717) is 5.65 Å². The third-order valence-corrected chi connectivity index (χ3v) is 4.56. The number of nitrogens with zero attached hydrogens (tertiary/aromatic N) is 2. The SMILES string of the molecule is CCc1ccc(C(NC(=O)c2cnc3ccccn3c2=O)C(C)C)cc1. The van der Waals surface area contributed by atoms with Crippen LogP contribution in [0.4, 0.5) is 0 Å². The van der Waals surface area contributed by atoms with E-state index < -0.39 is 5.91 Å². The first-order valence-corrected chi connectivity index (χ1v) is 8.87. The minimum absolute atomic E-state index is 0.0459. The van der Waals surface area contributed by atoms with Gasteiger partial charge < -0.3 is 5.32 Å². The molecule has 2 aromatic heterocycles. The van der Waals surface area contributed by atoms with Gasteiger partial charge in [-0.3, -0.25) is 14.0 Å². The molecule has 0 saturated carbocycles. The van der Waals surface area contributed by atoms with Crippen molar-refractivity contribution in [2.45, 2.75) is 33.2 Å². The Morgan fingerprint density at radius 3 is 2.54 bits per heavy atom. The normalized spacial score (nSPS) is 12.3. The lowest BCUT2D eigenvalue weighted by molar-refractivity contribution is 0.0923. The Balaban J connectivity index is 1.91. The van der Waals surface area contributed by atoms with Crippen LogP contribution in [-0.2, 0) is 6.42 Å².